The molecular weight excluding hydrogens is 350 g/mol. The molecule has 0 spiro atoms. The Kier molecular flexibility index (Phi) is 5.54. The number of carbonyl (C=O) groups is 1. The van der Waals surface area contributed by atoms with Gasteiger partial charge in [-0.15, -0.1) is 0 Å². The maximum absolute atomic E-state index is 12.6. The molecule has 0 saturated heterocycles. The third-order valence-electron chi connectivity index (χ3n) is 4.36. The van der Waals surface area contributed by atoms with Crippen molar-refractivity contribution in [2.24, 2.45) is 0 Å². The van der Waals surface area contributed by atoms with Crippen molar-refractivity contribution < 1.29 is 9.53 Å². The second-order valence-electron chi connectivity index (χ2n) is 7.89. The molecule has 0 aliphatic carbocycles. The predicted molar refractivity (Wildman–Crippen MR) is 113 cm³/mol. The number of carbonyl (C=O) groups excluding carboxylic acids is 1. The van der Waals surface area contributed by atoms with Gasteiger partial charge in [0.05, 0.1) is 11.2 Å². The fourth-order valence-electron chi connectivity index (χ4n) is 2.94. The minimum atomic E-state index is -0.633. The standard InChI is InChI=1S/C23H27N3O2/c1-16-15-21(26(25-16)23(3,4)5)24-22(27)17(2)28-20-13-11-19(12-14-20)18-9-7-6-8-10-18/h6-15,17H,1-5H3,(H,24,27). The lowest BCUT2D eigenvalue weighted by Gasteiger charge is -2.23. The maximum atomic E-state index is 12.6. The van der Waals surface area contributed by atoms with Gasteiger partial charge < -0.3 is 10.1 Å². The molecule has 1 atom stereocenters. The van der Waals surface area contributed by atoms with E-state index in [9.17, 15) is 4.79 Å². The molecule has 2 aromatic carbocycles. The van der Waals surface area contributed by atoms with Gasteiger partial charge in [0.25, 0.3) is 5.91 Å². The number of hydrogen-bond donors (Lipinski definition) is 1. The van der Waals surface area contributed by atoms with E-state index in [1.54, 1.807) is 6.92 Å². The Bertz CT molecular complexity index is 938. The molecule has 1 N–H and O–H groups in total. The van der Waals surface area contributed by atoms with Crippen LogP contribution in [0.5, 0.6) is 5.75 Å². The number of anilines is 1. The number of ether oxygens (including phenoxy) is 1. The Balaban J connectivity index is 1.67. The Hall–Kier alpha value is -3.08. The van der Waals surface area contributed by atoms with E-state index in [0.29, 0.717) is 11.6 Å². The molecule has 0 aliphatic heterocycles. The average molecular weight is 377 g/mol. The monoisotopic (exact) mass is 377 g/mol. The van der Waals surface area contributed by atoms with Crippen molar-refractivity contribution in [2.75, 3.05) is 5.32 Å². The lowest BCUT2D eigenvalue weighted by atomic mass is 10.1. The molecule has 28 heavy (non-hydrogen) atoms. The summed E-state index contributed by atoms with van der Waals surface area (Å²) in [7, 11) is 0. The molecule has 1 aromatic heterocycles. The highest BCUT2D eigenvalue weighted by atomic mass is 16.5. The molecule has 1 amide bonds. The van der Waals surface area contributed by atoms with Crippen molar-refractivity contribution in [1.82, 2.24) is 9.78 Å². The van der Waals surface area contributed by atoms with Gasteiger partial charge in [0.2, 0.25) is 0 Å². The fourth-order valence-corrected chi connectivity index (χ4v) is 2.94. The minimum Gasteiger partial charge on any atom is -0.481 e. The van der Waals surface area contributed by atoms with Crippen LogP contribution in [-0.2, 0) is 10.3 Å². The van der Waals surface area contributed by atoms with Crippen LogP contribution in [0.3, 0.4) is 0 Å². The van der Waals surface area contributed by atoms with Crippen molar-refractivity contribution in [1.29, 1.82) is 0 Å². The van der Waals surface area contributed by atoms with E-state index < -0.39 is 6.10 Å². The third kappa shape index (κ3) is 4.60. The van der Waals surface area contributed by atoms with E-state index in [0.717, 1.165) is 16.8 Å². The first-order valence-corrected chi connectivity index (χ1v) is 9.44. The van der Waals surface area contributed by atoms with Crippen LogP contribution in [-0.4, -0.2) is 21.8 Å². The topological polar surface area (TPSA) is 56.1 Å². The predicted octanol–water partition coefficient (Wildman–Crippen LogP) is 5.02. The van der Waals surface area contributed by atoms with Crippen molar-refractivity contribution in [3.05, 3.63) is 66.4 Å². The first kappa shape index (κ1) is 19.7. The second-order valence-corrected chi connectivity index (χ2v) is 7.89. The van der Waals surface area contributed by atoms with E-state index in [-0.39, 0.29) is 11.4 Å². The van der Waals surface area contributed by atoms with Crippen LogP contribution in [0.4, 0.5) is 5.82 Å². The largest absolute Gasteiger partial charge is 0.481 e. The number of aryl methyl sites for hydroxylation is 1. The summed E-state index contributed by atoms with van der Waals surface area (Å²) in [6.07, 6.45) is -0.633. The van der Waals surface area contributed by atoms with Crippen molar-refractivity contribution in [2.45, 2.75) is 46.3 Å². The van der Waals surface area contributed by atoms with Gasteiger partial charge in [0.15, 0.2) is 6.10 Å². The van der Waals surface area contributed by atoms with Crippen LogP contribution in [0.15, 0.2) is 60.7 Å². The zero-order valence-corrected chi connectivity index (χ0v) is 17.1. The summed E-state index contributed by atoms with van der Waals surface area (Å²) in [4.78, 5) is 12.6. The number of hydrogen-bond acceptors (Lipinski definition) is 3. The van der Waals surface area contributed by atoms with Gasteiger partial charge >= 0.3 is 0 Å². The first-order valence-electron chi connectivity index (χ1n) is 9.44. The summed E-state index contributed by atoms with van der Waals surface area (Å²) >= 11 is 0. The number of nitrogens with zero attached hydrogens (tertiary/aromatic N) is 2. The fraction of sp³-hybridized carbons (Fsp3) is 0.304. The number of benzene rings is 2. The highest BCUT2D eigenvalue weighted by molar-refractivity contribution is 5.93. The molecule has 146 valence electrons. The minimum absolute atomic E-state index is 0.211. The van der Waals surface area contributed by atoms with E-state index in [2.05, 4.69) is 22.5 Å². The lowest BCUT2D eigenvalue weighted by Crippen LogP contribution is -2.33. The maximum Gasteiger partial charge on any atom is 0.266 e. The molecule has 5 heteroatoms. The van der Waals surface area contributed by atoms with Gasteiger partial charge in [-0.25, -0.2) is 4.68 Å². The van der Waals surface area contributed by atoms with Crippen LogP contribution < -0.4 is 10.1 Å². The number of rotatable bonds is 5. The number of aromatic nitrogens is 2. The second kappa shape index (κ2) is 7.89. The summed E-state index contributed by atoms with van der Waals surface area (Å²) < 4.78 is 7.65. The Morgan fingerprint density at radius 3 is 2.25 bits per heavy atom. The molecule has 0 aliphatic rings. The molecule has 0 fully saturated rings. The van der Waals surface area contributed by atoms with Gasteiger partial charge in [-0.2, -0.15) is 5.10 Å². The Morgan fingerprint density at radius 2 is 1.64 bits per heavy atom. The lowest BCUT2D eigenvalue weighted by molar-refractivity contribution is -0.122. The summed E-state index contributed by atoms with van der Waals surface area (Å²) in [5.74, 6) is 1.12. The number of nitrogens with one attached hydrogen (secondary N) is 1. The summed E-state index contributed by atoms with van der Waals surface area (Å²) in [6, 6.07) is 19.8. The van der Waals surface area contributed by atoms with Crippen LogP contribution in [0.1, 0.15) is 33.4 Å². The van der Waals surface area contributed by atoms with Gasteiger partial charge in [0.1, 0.15) is 11.6 Å². The Labute approximate surface area is 166 Å². The van der Waals surface area contributed by atoms with Gasteiger partial charge in [-0.1, -0.05) is 42.5 Å². The van der Waals surface area contributed by atoms with Crippen LogP contribution in [0, 0.1) is 6.92 Å². The van der Waals surface area contributed by atoms with Crippen LogP contribution >= 0.6 is 0 Å². The Morgan fingerprint density at radius 1 is 1.04 bits per heavy atom. The summed E-state index contributed by atoms with van der Waals surface area (Å²) in [6.45, 7) is 9.78. The summed E-state index contributed by atoms with van der Waals surface area (Å²) in [5, 5.41) is 7.41. The zero-order valence-electron chi connectivity index (χ0n) is 17.1. The average Bonchev–Trinajstić information content (AvgIpc) is 3.03. The number of amides is 1. The van der Waals surface area contributed by atoms with Crippen molar-refractivity contribution >= 4 is 11.7 Å². The van der Waals surface area contributed by atoms with E-state index in [1.807, 2.05) is 80.9 Å². The van der Waals surface area contributed by atoms with E-state index in [4.69, 9.17) is 4.74 Å². The molecule has 3 rings (SSSR count). The molecule has 0 saturated carbocycles. The summed E-state index contributed by atoms with van der Waals surface area (Å²) in [5.41, 5.74) is 2.88. The highest BCUT2D eigenvalue weighted by Gasteiger charge is 2.22. The molecule has 0 bridgehead atoms. The molecule has 3 aromatic rings. The first-order chi connectivity index (χ1) is 13.2. The quantitative estimate of drug-likeness (QED) is 0.679. The van der Waals surface area contributed by atoms with Gasteiger partial charge in [0, 0.05) is 6.07 Å². The highest BCUT2D eigenvalue weighted by Crippen LogP contribution is 2.24. The normalized spacial score (nSPS) is 12.5. The molecule has 5 nitrogen and oxygen atoms in total. The van der Waals surface area contributed by atoms with Gasteiger partial charge in [-0.3, -0.25) is 4.79 Å². The molecule has 1 unspecified atom stereocenters. The van der Waals surface area contributed by atoms with Crippen molar-refractivity contribution in [3.8, 4) is 16.9 Å². The third-order valence-corrected chi connectivity index (χ3v) is 4.36. The molecular formula is C23H27N3O2. The van der Waals surface area contributed by atoms with E-state index in [1.165, 1.54) is 0 Å². The van der Waals surface area contributed by atoms with E-state index >= 15 is 0 Å². The van der Waals surface area contributed by atoms with Crippen LogP contribution in [0.2, 0.25) is 0 Å². The zero-order chi connectivity index (χ0) is 20.3. The van der Waals surface area contributed by atoms with Crippen molar-refractivity contribution in [3.63, 3.8) is 0 Å². The van der Waals surface area contributed by atoms with Gasteiger partial charge in [-0.05, 0) is 57.9 Å². The molecule has 0 radical (unpaired) electrons. The smallest absolute Gasteiger partial charge is 0.266 e. The SMILES string of the molecule is Cc1cc(NC(=O)C(C)Oc2ccc(-c3ccccc3)cc2)n(C(C)(C)C)n1. The molecule has 1 heterocycles. The van der Waals surface area contributed by atoms with Crippen LogP contribution in [0.25, 0.3) is 11.1 Å².